The fraction of sp³-hybridized carbons (Fsp3) is 0. The SMILES string of the molecule is O=Cc1ccc2cc(OC(=O)c3ccc4ccccc4c3)ccc2c1. The fourth-order valence-corrected chi connectivity index (χ4v) is 2.86. The van der Waals surface area contributed by atoms with Crippen LogP contribution in [0.2, 0.25) is 0 Å². The molecule has 0 bridgehead atoms. The van der Waals surface area contributed by atoms with Gasteiger partial charge in [0.05, 0.1) is 5.56 Å². The lowest BCUT2D eigenvalue weighted by Crippen LogP contribution is -2.08. The standard InChI is InChI=1S/C22H14O3/c23-14-15-5-6-19-13-21(10-9-18(19)11-15)25-22(24)20-8-7-16-3-1-2-4-17(16)12-20/h1-14H. The molecule has 120 valence electrons. The molecule has 0 aliphatic rings. The van der Waals surface area contributed by atoms with Crippen LogP contribution in [0, 0.1) is 0 Å². The first-order chi connectivity index (χ1) is 12.2. The van der Waals surface area contributed by atoms with E-state index in [0.717, 1.165) is 27.8 Å². The Hall–Kier alpha value is -3.46. The number of carbonyl (C=O) groups is 2. The van der Waals surface area contributed by atoms with Gasteiger partial charge < -0.3 is 4.74 Å². The molecule has 0 atom stereocenters. The molecule has 0 spiro atoms. The van der Waals surface area contributed by atoms with Crippen molar-refractivity contribution in [1.29, 1.82) is 0 Å². The van der Waals surface area contributed by atoms with Gasteiger partial charge in [-0.05, 0) is 51.9 Å². The smallest absolute Gasteiger partial charge is 0.343 e. The molecule has 0 unspecified atom stereocenters. The lowest BCUT2D eigenvalue weighted by Gasteiger charge is -2.07. The molecule has 0 aliphatic heterocycles. The second kappa shape index (κ2) is 6.21. The van der Waals surface area contributed by atoms with Crippen molar-refractivity contribution in [3.63, 3.8) is 0 Å². The molecule has 4 aromatic rings. The summed E-state index contributed by atoms with van der Waals surface area (Å²) in [6.45, 7) is 0. The zero-order chi connectivity index (χ0) is 17.2. The van der Waals surface area contributed by atoms with Crippen LogP contribution in [0.3, 0.4) is 0 Å². The van der Waals surface area contributed by atoms with Crippen LogP contribution in [-0.2, 0) is 0 Å². The predicted octanol–water partition coefficient (Wildman–Crippen LogP) is 5.02. The summed E-state index contributed by atoms with van der Waals surface area (Å²) in [6.07, 6.45) is 0.813. The van der Waals surface area contributed by atoms with Crippen molar-refractivity contribution in [1.82, 2.24) is 0 Å². The first-order valence-corrected chi connectivity index (χ1v) is 7.93. The highest BCUT2D eigenvalue weighted by molar-refractivity contribution is 5.97. The van der Waals surface area contributed by atoms with Crippen molar-refractivity contribution in [2.24, 2.45) is 0 Å². The maximum Gasteiger partial charge on any atom is 0.343 e. The van der Waals surface area contributed by atoms with Gasteiger partial charge in [-0.1, -0.05) is 48.5 Å². The Morgan fingerprint density at radius 3 is 2.24 bits per heavy atom. The van der Waals surface area contributed by atoms with Gasteiger partial charge in [-0.15, -0.1) is 0 Å². The summed E-state index contributed by atoms with van der Waals surface area (Å²) >= 11 is 0. The molecule has 4 rings (SSSR count). The number of carbonyl (C=O) groups excluding carboxylic acids is 2. The Morgan fingerprint density at radius 1 is 0.720 bits per heavy atom. The van der Waals surface area contributed by atoms with Gasteiger partial charge in [-0.2, -0.15) is 0 Å². The normalized spacial score (nSPS) is 10.7. The molecule has 0 saturated carbocycles. The van der Waals surface area contributed by atoms with Gasteiger partial charge in [0, 0.05) is 5.56 Å². The minimum atomic E-state index is -0.394. The van der Waals surface area contributed by atoms with Crippen LogP contribution < -0.4 is 4.74 Å². The molecule has 3 nitrogen and oxygen atoms in total. The quantitative estimate of drug-likeness (QED) is 0.301. The number of ether oxygens (including phenoxy) is 1. The highest BCUT2D eigenvalue weighted by atomic mass is 16.5. The van der Waals surface area contributed by atoms with Gasteiger partial charge in [0.2, 0.25) is 0 Å². The van der Waals surface area contributed by atoms with Crippen LogP contribution in [-0.4, -0.2) is 12.3 Å². The van der Waals surface area contributed by atoms with Gasteiger partial charge >= 0.3 is 5.97 Å². The van der Waals surface area contributed by atoms with Gasteiger partial charge in [-0.3, -0.25) is 4.79 Å². The van der Waals surface area contributed by atoms with Crippen LogP contribution in [0.1, 0.15) is 20.7 Å². The van der Waals surface area contributed by atoms with E-state index in [4.69, 9.17) is 4.74 Å². The van der Waals surface area contributed by atoms with Crippen LogP contribution in [0.15, 0.2) is 78.9 Å². The molecule has 0 amide bonds. The van der Waals surface area contributed by atoms with E-state index in [1.165, 1.54) is 0 Å². The van der Waals surface area contributed by atoms with Gasteiger partial charge in [0.1, 0.15) is 12.0 Å². The highest BCUT2D eigenvalue weighted by Crippen LogP contribution is 2.23. The predicted molar refractivity (Wildman–Crippen MR) is 98.2 cm³/mol. The number of hydrogen-bond donors (Lipinski definition) is 0. The van der Waals surface area contributed by atoms with E-state index in [1.807, 2.05) is 48.5 Å². The van der Waals surface area contributed by atoms with E-state index in [0.29, 0.717) is 16.9 Å². The first-order valence-electron chi connectivity index (χ1n) is 7.93. The summed E-state index contributed by atoms with van der Waals surface area (Å²) in [5.41, 5.74) is 1.13. The number of rotatable bonds is 3. The Balaban J connectivity index is 1.62. The Bertz CT molecular complexity index is 1110. The number of fused-ring (bicyclic) bond motifs is 2. The molecule has 0 radical (unpaired) electrons. The van der Waals surface area contributed by atoms with E-state index < -0.39 is 5.97 Å². The molecule has 0 aromatic heterocycles. The maximum atomic E-state index is 12.4. The number of aldehydes is 1. The topological polar surface area (TPSA) is 43.4 Å². The molecule has 0 aliphatic carbocycles. The van der Waals surface area contributed by atoms with Crippen molar-refractivity contribution in [3.05, 3.63) is 90.0 Å². The molecular weight excluding hydrogens is 312 g/mol. The van der Waals surface area contributed by atoms with E-state index in [1.54, 1.807) is 30.3 Å². The van der Waals surface area contributed by atoms with E-state index in [-0.39, 0.29) is 0 Å². The summed E-state index contributed by atoms with van der Waals surface area (Å²) in [5, 5.41) is 3.91. The molecule has 0 saturated heterocycles. The third-order valence-corrected chi connectivity index (χ3v) is 4.17. The number of esters is 1. The van der Waals surface area contributed by atoms with E-state index in [2.05, 4.69) is 0 Å². The maximum absolute atomic E-state index is 12.4. The Kier molecular flexibility index (Phi) is 3.75. The van der Waals surface area contributed by atoms with Gasteiger partial charge in [0.25, 0.3) is 0 Å². The van der Waals surface area contributed by atoms with Crippen molar-refractivity contribution < 1.29 is 14.3 Å². The average Bonchev–Trinajstić information content (AvgIpc) is 2.67. The van der Waals surface area contributed by atoms with Gasteiger partial charge in [0.15, 0.2) is 0 Å². The second-order valence-electron chi connectivity index (χ2n) is 5.84. The number of hydrogen-bond acceptors (Lipinski definition) is 3. The third-order valence-electron chi connectivity index (χ3n) is 4.17. The lowest BCUT2D eigenvalue weighted by molar-refractivity contribution is 0.0735. The second-order valence-corrected chi connectivity index (χ2v) is 5.84. The monoisotopic (exact) mass is 326 g/mol. The minimum absolute atomic E-state index is 0.394. The molecule has 0 heterocycles. The molecule has 0 fully saturated rings. The zero-order valence-electron chi connectivity index (χ0n) is 13.3. The molecule has 3 heteroatoms. The number of benzene rings is 4. The molecule has 4 aromatic carbocycles. The summed E-state index contributed by atoms with van der Waals surface area (Å²) < 4.78 is 5.51. The van der Waals surface area contributed by atoms with Crippen LogP contribution >= 0.6 is 0 Å². The Labute approximate surface area is 144 Å². The van der Waals surface area contributed by atoms with Crippen LogP contribution in [0.4, 0.5) is 0 Å². The molecule has 25 heavy (non-hydrogen) atoms. The van der Waals surface area contributed by atoms with Crippen LogP contribution in [0.5, 0.6) is 5.75 Å². The molecular formula is C22H14O3. The summed E-state index contributed by atoms with van der Waals surface area (Å²) in [5.74, 6) is 0.0825. The third kappa shape index (κ3) is 3.00. The molecule has 0 N–H and O–H groups in total. The fourth-order valence-electron chi connectivity index (χ4n) is 2.86. The zero-order valence-corrected chi connectivity index (χ0v) is 13.3. The minimum Gasteiger partial charge on any atom is -0.423 e. The van der Waals surface area contributed by atoms with E-state index >= 15 is 0 Å². The summed E-state index contributed by atoms with van der Waals surface area (Å²) in [6, 6.07) is 24.1. The summed E-state index contributed by atoms with van der Waals surface area (Å²) in [4.78, 5) is 23.3. The van der Waals surface area contributed by atoms with Crippen molar-refractivity contribution >= 4 is 33.8 Å². The highest BCUT2D eigenvalue weighted by Gasteiger charge is 2.10. The first kappa shape index (κ1) is 15.1. The average molecular weight is 326 g/mol. The summed E-state index contributed by atoms with van der Waals surface area (Å²) in [7, 11) is 0. The Morgan fingerprint density at radius 2 is 1.40 bits per heavy atom. The largest absolute Gasteiger partial charge is 0.423 e. The van der Waals surface area contributed by atoms with Crippen molar-refractivity contribution in [2.75, 3.05) is 0 Å². The van der Waals surface area contributed by atoms with Gasteiger partial charge in [-0.25, -0.2) is 4.79 Å². The lowest BCUT2D eigenvalue weighted by atomic mass is 10.1. The van der Waals surface area contributed by atoms with E-state index in [9.17, 15) is 9.59 Å². The van der Waals surface area contributed by atoms with Crippen molar-refractivity contribution in [3.8, 4) is 5.75 Å². The van der Waals surface area contributed by atoms with Crippen molar-refractivity contribution in [2.45, 2.75) is 0 Å². The van der Waals surface area contributed by atoms with Crippen LogP contribution in [0.25, 0.3) is 21.5 Å².